The third-order valence-corrected chi connectivity index (χ3v) is 2.53. The summed E-state index contributed by atoms with van der Waals surface area (Å²) in [6.45, 7) is 2.02. The van der Waals surface area contributed by atoms with Crippen molar-refractivity contribution in [3.63, 3.8) is 0 Å². The molecule has 0 saturated carbocycles. The Kier molecular flexibility index (Phi) is 4.31. The van der Waals surface area contributed by atoms with Crippen LogP contribution >= 0.6 is 15.9 Å². The molecule has 0 amide bonds. The van der Waals surface area contributed by atoms with Gasteiger partial charge in [0.15, 0.2) is 0 Å². The molecule has 0 spiro atoms. The molecule has 3 heteroatoms. The Balaban J connectivity index is 2.80. The van der Waals surface area contributed by atoms with Crippen molar-refractivity contribution in [1.82, 2.24) is 0 Å². The van der Waals surface area contributed by atoms with Crippen LogP contribution in [-0.4, -0.2) is 11.1 Å². The van der Waals surface area contributed by atoms with Gasteiger partial charge < -0.3 is 5.11 Å². The zero-order valence-corrected chi connectivity index (χ0v) is 9.86. The van der Waals surface area contributed by atoms with Gasteiger partial charge in [-0.05, 0) is 18.6 Å². The Morgan fingerprint density at radius 3 is 2.47 bits per heavy atom. The van der Waals surface area contributed by atoms with E-state index in [1.807, 2.05) is 31.2 Å². The predicted molar refractivity (Wildman–Crippen MR) is 64.9 cm³/mol. The van der Waals surface area contributed by atoms with Crippen molar-refractivity contribution in [3.8, 4) is 0 Å². The van der Waals surface area contributed by atoms with Crippen LogP contribution in [0.1, 0.15) is 11.1 Å². The zero-order chi connectivity index (χ0) is 11.3. The van der Waals surface area contributed by atoms with Crippen molar-refractivity contribution in [2.24, 2.45) is 0 Å². The Bertz CT molecular complexity index is 402. The van der Waals surface area contributed by atoms with Gasteiger partial charge in [0.25, 0.3) is 0 Å². The molecule has 0 aromatic heterocycles. The molecule has 0 heterocycles. The maximum absolute atomic E-state index is 10.2. The second kappa shape index (κ2) is 5.51. The summed E-state index contributed by atoms with van der Waals surface area (Å²) in [6.07, 6.45) is 4.29. The average molecular weight is 267 g/mol. The van der Waals surface area contributed by atoms with Gasteiger partial charge in [-0.3, -0.25) is 0 Å². The zero-order valence-electron chi connectivity index (χ0n) is 8.27. The van der Waals surface area contributed by atoms with Gasteiger partial charge in [-0.15, -0.1) is 0 Å². The normalized spacial score (nSPS) is 12.0. The first-order valence-corrected chi connectivity index (χ1v) is 5.23. The van der Waals surface area contributed by atoms with E-state index in [0.29, 0.717) is 0 Å². The molecule has 0 aliphatic rings. The molecule has 1 aromatic carbocycles. The van der Waals surface area contributed by atoms with E-state index in [1.165, 1.54) is 11.6 Å². The van der Waals surface area contributed by atoms with Crippen LogP contribution in [0.5, 0.6) is 0 Å². The molecule has 0 unspecified atom stereocenters. The fraction of sp³-hybridized carbons (Fsp3) is 0.0833. The molecule has 15 heavy (non-hydrogen) atoms. The highest BCUT2D eigenvalue weighted by Gasteiger charge is 1.95. The van der Waals surface area contributed by atoms with Crippen molar-refractivity contribution in [1.29, 1.82) is 0 Å². The van der Waals surface area contributed by atoms with E-state index in [9.17, 15) is 4.79 Å². The van der Waals surface area contributed by atoms with Crippen LogP contribution in [0.4, 0.5) is 0 Å². The number of hydrogen-bond acceptors (Lipinski definition) is 1. The number of benzene rings is 1. The van der Waals surface area contributed by atoms with Gasteiger partial charge in [-0.25, -0.2) is 4.79 Å². The van der Waals surface area contributed by atoms with E-state index in [2.05, 4.69) is 15.9 Å². The fourth-order valence-electron chi connectivity index (χ4n) is 1.02. The highest BCUT2D eigenvalue weighted by atomic mass is 79.9. The molecule has 2 nitrogen and oxygen atoms in total. The summed E-state index contributed by atoms with van der Waals surface area (Å²) in [5.41, 5.74) is 2.22. The number of carbonyl (C=O) groups is 1. The Morgan fingerprint density at radius 2 is 1.93 bits per heavy atom. The molecule has 0 saturated heterocycles. The minimum atomic E-state index is -0.949. The SMILES string of the molecule is Cc1ccc(/C(Br)=C\C=C\C(=O)O)cc1. The van der Waals surface area contributed by atoms with Gasteiger partial charge in [0, 0.05) is 10.6 Å². The minimum absolute atomic E-state index is 0.861. The molecule has 1 N–H and O–H groups in total. The molecular formula is C12H11BrO2. The molecule has 0 bridgehead atoms. The number of halogens is 1. The number of aryl methyl sites for hydroxylation is 1. The summed E-state index contributed by atoms with van der Waals surface area (Å²) in [4.78, 5) is 10.2. The van der Waals surface area contributed by atoms with Gasteiger partial charge in [-0.1, -0.05) is 51.8 Å². The van der Waals surface area contributed by atoms with Crippen LogP contribution in [0.25, 0.3) is 4.48 Å². The molecule has 0 aliphatic carbocycles. The lowest BCUT2D eigenvalue weighted by molar-refractivity contribution is -0.131. The molecule has 78 valence electrons. The number of hydrogen-bond donors (Lipinski definition) is 1. The van der Waals surface area contributed by atoms with Crippen LogP contribution in [0.3, 0.4) is 0 Å². The largest absolute Gasteiger partial charge is 0.478 e. The van der Waals surface area contributed by atoms with E-state index in [-0.39, 0.29) is 0 Å². The quantitative estimate of drug-likeness (QED) is 0.673. The number of rotatable bonds is 3. The highest BCUT2D eigenvalue weighted by molar-refractivity contribution is 9.15. The molecule has 1 rings (SSSR count). The molecule has 0 atom stereocenters. The first-order valence-electron chi connectivity index (χ1n) is 4.43. The topological polar surface area (TPSA) is 37.3 Å². The highest BCUT2D eigenvalue weighted by Crippen LogP contribution is 2.21. The van der Waals surface area contributed by atoms with Crippen LogP contribution in [0.15, 0.2) is 42.5 Å². The predicted octanol–water partition coefficient (Wildman–Crippen LogP) is 3.37. The Hall–Kier alpha value is -1.35. The van der Waals surface area contributed by atoms with E-state index < -0.39 is 5.97 Å². The summed E-state index contributed by atoms with van der Waals surface area (Å²) in [6, 6.07) is 7.96. The lowest BCUT2D eigenvalue weighted by Gasteiger charge is -1.98. The van der Waals surface area contributed by atoms with Crippen LogP contribution in [-0.2, 0) is 4.79 Å². The Morgan fingerprint density at radius 1 is 1.33 bits per heavy atom. The molecular weight excluding hydrogens is 256 g/mol. The number of aliphatic carboxylic acids is 1. The number of carboxylic acid groups (broad SMARTS) is 1. The number of allylic oxidation sites excluding steroid dienone is 2. The third-order valence-electron chi connectivity index (χ3n) is 1.81. The van der Waals surface area contributed by atoms with Gasteiger partial charge in [0.2, 0.25) is 0 Å². The van der Waals surface area contributed by atoms with E-state index in [1.54, 1.807) is 6.08 Å². The first kappa shape index (κ1) is 11.7. The smallest absolute Gasteiger partial charge is 0.328 e. The van der Waals surface area contributed by atoms with Crippen molar-refractivity contribution < 1.29 is 9.90 Å². The van der Waals surface area contributed by atoms with Crippen molar-refractivity contribution in [2.45, 2.75) is 6.92 Å². The van der Waals surface area contributed by atoms with Crippen LogP contribution in [0, 0.1) is 6.92 Å². The van der Waals surface area contributed by atoms with E-state index in [0.717, 1.165) is 16.1 Å². The van der Waals surface area contributed by atoms with Crippen molar-refractivity contribution in [3.05, 3.63) is 53.6 Å². The van der Waals surface area contributed by atoms with Crippen molar-refractivity contribution >= 4 is 26.4 Å². The summed E-state index contributed by atoms with van der Waals surface area (Å²) < 4.78 is 0.861. The summed E-state index contributed by atoms with van der Waals surface area (Å²) >= 11 is 3.38. The van der Waals surface area contributed by atoms with Gasteiger partial charge in [0.05, 0.1) is 0 Å². The summed E-state index contributed by atoms with van der Waals surface area (Å²) in [5.74, 6) is -0.949. The van der Waals surface area contributed by atoms with Gasteiger partial charge in [-0.2, -0.15) is 0 Å². The molecule has 0 fully saturated rings. The maximum Gasteiger partial charge on any atom is 0.328 e. The van der Waals surface area contributed by atoms with E-state index in [4.69, 9.17) is 5.11 Å². The first-order chi connectivity index (χ1) is 7.09. The van der Waals surface area contributed by atoms with Gasteiger partial charge in [0.1, 0.15) is 0 Å². The average Bonchev–Trinajstić information content (AvgIpc) is 2.18. The summed E-state index contributed by atoms with van der Waals surface area (Å²) in [7, 11) is 0. The lowest BCUT2D eigenvalue weighted by Crippen LogP contribution is -1.84. The minimum Gasteiger partial charge on any atom is -0.478 e. The molecule has 1 aromatic rings. The van der Waals surface area contributed by atoms with Gasteiger partial charge >= 0.3 is 5.97 Å². The molecule has 0 radical (unpaired) electrons. The van der Waals surface area contributed by atoms with Crippen LogP contribution < -0.4 is 0 Å². The maximum atomic E-state index is 10.2. The van der Waals surface area contributed by atoms with Crippen LogP contribution in [0.2, 0.25) is 0 Å². The van der Waals surface area contributed by atoms with E-state index >= 15 is 0 Å². The Labute approximate surface area is 97.1 Å². The second-order valence-electron chi connectivity index (χ2n) is 3.08. The number of carboxylic acids is 1. The standard InChI is InChI=1S/C12H11BrO2/c1-9-5-7-10(8-6-9)11(13)3-2-4-12(14)15/h2-8H,1H3,(H,14,15)/b4-2+,11-3+. The summed E-state index contributed by atoms with van der Waals surface area (Å²) in [5, 5.41) is 8.40. The monoisotopic (exact) mass is 266 g/mol. The van der Waals surface area contributed by atoms with Crippen molar-refractivity contribution in [2.75, 3.05) is 0 Å². The third kappa shape index (κ3) is 4.13. The molecule has 0 aliphatic heterocycles. The second-order valence-corrected chi connectivity index (χ2v) is 3.93. The lowest BCUT2D eigenvalue weighted by atomic mass is 10.1. The fourth-order valence-corrected chi connectivity index (χ4v) is 1.44.